The van der Waals surface area contributed by atoms with Crippen LogP contribution in [0.5, 0.6) is 0 Å². The molecule has 0 amide bonds. The molecule has 1 aromatic heterocycles. The van der Waals surface area contributed by atoms with E-state index in [1.807, 2.05) is 0 Å². The van der Waals surface area contributed by atoms with Gasteiger partial charge >= 0.3 is 5.97 Å². The maximum Gasteiger partial charge on any atom is 0.311 e. The zero-order valence-electron chi connectivity index (χ0n) is 8.84. The fourth-order valence-electron chi connectivity index (χ4n) is 1.24. The first-order valence-corrected chi connectivity index (χ1v) is 5.91. The minimum absolute atomic E-state index is 0.0864. The van der Waals surface area contributed by atoms with Crippen LogP contribution in [0.15, 0.2) is 10.7 Å². The molecule has 0 N–H and O–H groups in total. The minimum Gasteiger partial charge on any atom is -0.469 e. The normalized spacial score (nSPS) is 10.7. The van der Waals surface area contributed by atoms with E-state index in [1.54, 1.807) is 0 Å². The maximum absolute atomic E-state index is 12.6. The second kappa shape index (κ2) is 6.26. The number of rotatable bonds is 4. The van der Waals surface area contributed by atoms with Gasteiger partial charge in [0.1, 0.15) is 0 Å². The Morgan fingerprint density at radius 1 is 1.65 bits per heavy atom. The van der Waals surface area contributed by atoms with Crippen LogP contribution in [0.4, 0.5) is 8.78 Å². The fraction of sp³-hybridized carbons (Fsp3) is 0.400. The van der Waals surface area contributed by atoms with Crippen molar-refractivity contribution >= 4 is 33.5 Å². The smallest absolute Gasteiger partial charge is 0.311 e. The van der Waals surface area contributed by atoms with Crippen molar-refractivity contribution in [1.82, 2.24) is 4.98 Å². The van der Waals surface area contributed by atoms with Crippen LogP contribution in [-0.4, -0.2) is 18.1 Å². The summed E-state index contributed by atoms with van der Waals surface area (Å²) >= 11 is 8.75. The van der Waals surface area contributed by atoms with Gasteiger partial charge in [-0.25, -0.2) is 8.78 Å². The molecule has 0 bridgehead atoms. The van der Waals surface area contributed by atoms with E-state index < -0.39 is 12.4 Å². The molecule has 1 heterocycles. The largest absolute Gasteiger partial charge is 0.469 e. The van der Waals surface area contributed by atoms with Crippen LogP contribution in [-0.2, 0) is 21.8 Å². The number of carbonyl (C=O) groups is 1. The highest BCUT2D eigenvalue weighted by molar-refractivity contribution is 9.10. The monoisotopic (exact) mass is 327 g/mol. The summed E-state index contributed by atoms with van der Waals surface area (Å²) < 4.78 is 30.1. The van der Waals surface area contributed by atoms with Gasteiger partial charge in [-0.15, -0.1) is 11.6 Å². The molecule has 0 aliphatic rings. The number of hydrogen-bond donors (Lipinski definition) is 0. The highest BCUT2D eigenvalue weighted by Crippen LogP contribution is 2.31. The molecule has 0 aliphatic carbocycles. The zero-order valence-corrected chi connectivity index (χ0v) is 11.2. The topological polar surface area (TPSA) is 39.2 Å². The molecule has 7 heteroatoms. The van der Waals surface area contributed by atoms with Gasteiger partial charge in [0, 0.05) is 22.1 Å². The Kier molecular flexibility index (Phi) is 5.27. The summed E-state index contributed by atoms with van der Waals surface area (Å²) in [5, 5.41) is 0. The van der Waals surface area contributed by atoms with Gasteiger partial charge in [-0.2, -0.15) is 0 Å². The summed E-state index contributed by atoms with van der Waals surface area (Å²) in [6.45, 7) is 0. The van der Waals surface area contributed by atoms with Gasteiger partial charge in [0.05, 0.1) is 19.2 Å². The molecule has 0 aliphatic heterocycles. The summed E-state index contributed by atoms with van der Waals surface area (Å²) in [5.74, 6) is -0.583. The molecule has 0 fully saturated rings. The summed E-state index contributed by atoms with van der Waals surface area (Å²) in [6.07, 6.45) is -1.71. The number of ether oxygens (including phenoxy) is 1. The van der Waals surface area contributed by atoms with Gasteiger partial charge in [0.25, 0.3) is 6.43 Å². The fourth-order valence-corrected chi connectivity index (χ4v) is 2.30. The third-order valence-electron chi connectivity index (χ3n) is 2.13. The van der Waals surface area contributed by atoms with E-state index in [9.17, 15) is 13.6 Å². The van der Waals surface area contributed by atoms with Crippen LogP contribution in [0, 0.1) is 0 Å². The molecule has 0 spiro atoms. The van der Waals surface area contributed by atoms with E-state index in [0.29, 0.717) is 10.2 Å². The van der Waals surface area contributed by atoms with Gasteiger partial charge < -0.3 is 4.74 Å². The molecule has 17 heavy (non-hydrogen) atoms. The number of esters is 1. The lowest BCUT2D eigenvalue weighted by Gasteiger charge is -2.11. The van der Waals surface area contributed by atoms with E-state index in [0.717, 1.165) is 6.20 Å². The van der Waals surface area contributed by atoms with Crippen molar-refractivity contribution in [3.63, 3.8) is 0 Å². The number of hydrogen-bond acceptors (Lipinski definition) is 3. The highest BCUT2D eigenvalue weighted by atomic mass is 79.9. The van der Waals surface area contributed by atoms with Crippen molar-refractivity contribution in [2.24, 2.45) is 0 Å². The van der Waals surface area contributed by atoms with Crippen molar-refractivity contribution in [2.75, 3.05) is 7.11 Å². The van der Waals surface area contributed by atoms with Crippen molar-refractivity contribution in [2.45, 2.75) is 18.7 Å². The molecule has 0 radical (unpaired) electrons. The Morgan fingerprint density at radius 3 is 2.76 bits per heavy atom. The molecule has 3 nitrogen and oxygen atoms in total. The lowest BCUT2D eigenvalue weighted by atomic mass is 10.1. The Labute approximate surface area is 110 Å². The highest BCUT2D eigenvalue weighted by Gasteiger charge is 2.19. The van der Waals surface area contributed by atoms with Crippen LogP contribution >= 0.6 is 27.5 Å². The van der Waals surface area contributed by atoms with Crippen LogP contribution in [0.2, 0.25) is 0 Å². The third kappa shape index (κ3) is 3.35. The summed E-state index contributed by atoms with van der Waals surface area (Å²) in [7, 11) is 1.24. The first kappa shape index (κ1) is 14.3. The lowest BCUT2D eigenvalue weighted by Crippen LogP contribution is -2.09. The van der Waals surface area contributed by atoms with Gasteiger partial charge in [0.2, 0.25) is 0 Å². The predicted molar refractivity (Wildman–Crippen MR) is 62.2 cm³/mol. The van der Waals surface area contributed by atoms with E-state index in [1.165, 1.54) is 7.11 Å². The average molecular weight is 329 g/mol. The van der Waals surface area contributed by atoms with E-state index in [4.69, 9.17) is 11.6 Å². The number of halogens is 4. The van der Waals surface area contributed by atoms with Crippen molar-refractivity contribution in [1.29, 1.82) is 0 Å². The van der Waals surface area contributed by atoms with Crippen molar-refractivity contribution < 1.29 is 18.3 Å². The Morgan fingerprint density at radius 2 is 2.29 bits per heavy atom. The first-order valence-electron chi connectivity index (χ1n) is 4.58. The van der Waals surface area contributed by atoms with Crippen LogP contribution in [0.3, 0.4) is 0 Å². The van der Waals surface area contributed by atoms with Gasteiger partial charge in [-0.05, 0) is 21.5 Å². The van der Waals surface area contributed by atoms with Crippen molar-refractivity contribution in [3.05, 3.63) is 27.5 Å². The summed E-state index contributed by atoms with van der Waals surface area (Å²) in [5.41, 5.74) is 0.341. The van der Waals surface area contributed by atoms with Crippen LogP contribution < -0.4 is 0 Å². The molecular weight excluding hydrogens is 319 g/mol. The zero-order chi connectivity index (χ0) is 13.0. The minimum atomic E-state index is -2.65. The number of alkyl halides is 3. The maximum atomic E-state index is 12.6. The van der Waals surface area contributed by atoms with Gasteiger partial charge in [-0.3, -0.25) is 9.78 Å². The molecular formula is C10H9BrClF2NO2. The number of nitrogens with zero attached hydrogens (tertiary/aromatic N) is 1. The van der Waals surface area contributed by atoms with Crippen LogP contribution in [0.25, 0.3) is 0 Å². The Bertz CT molecular complexity index is 429. The standard InChI is InChI=1S/C10H9BrClF2NO2/c1-17-8(16)2-7-9(11)5(3-12)6(4-15-7)10(13)14/h4,10H,2-3H2,1H3. The molecule has 94 valence electrons. The number of methoxy groups -OCH3 is 1. The number of aromatic nitrogens is 1. The molecule has 0 unspecified atom stereocenters. The molecule has 0 aromatic carbocycles. The molecule has 0 saturated carbocycles. The average Bonchev–Trinajstić information content (AvgIpc) is 2.30. The molecule has 1 rings (SSSR count). The second-order valence-corrected chi connectivity index (χ2v) is 4.20. The summed E-state index contributed by atoms with van der Waals surface area (Å²) in [6, 6.07) is 0. The van der Waals surface area contributed by atoms with E-state index in [-0.39, 0.29) is 23.4 Å². The third-order valence-corrected chi connectivity index (χ3v) is 3.34. The SMILES string of the molecule is COC(=O)Cc1ncc(C(F)F)c(CCl)c1Br. The number of pyridine rings is 1. The number of carbonyl (C=O) groups excluding carboxylic acids is 1. The molecule has 1 aromatic rings. The second-order valence-electron chi connectivity index (χ2n) is 3.14. The Hall–Kier alpha value is -0.750. The van der Waals surface area contributed by atoms with Gasteiger partial charge in [0.15, 0.2) is 0 Å². The molecule has 0 atom stereocenters. The quantitative estimate of drug-likeness (QED) is 0.629. The van der Waals surface area contributed by atoms with Crippen LogP contribution in [0.1, 0.15) is 23.2 Å². The van der Waals surface area contributed by atoms with E-state index >= 15 is 0 Å². The first-order chi connectivity index (χ1) is 8.01. The van der Waals surface area contributed by atoms with Crippen molar-refractivity contribution in [3.8, 4) is 0 Å². The predicted octanol–water partition coefficient (Wildman–Crippen LogP) is 3.24. The molecule has 0 saturated heterocycles. The van der Waals surface area contributed by atoms with Gasteiger partial charge in [-0.1, -0.05) is 0 Å². The van der Waals surface area contributed by atoms with E-state index in [2.05, 4.69) is 25.7 Å². The summed E-state index contributed by atoms with van der Waals surface area (Å²) in [4.78, 5) is 14.9. The lowest BCUT2D eigenvalue weighted by molar-refractivity contribution is -0.139. The Balaban J connectivity index is 3.15.